The average molecular weight is 287 g/mol. The van der Waals surface area contributed by atoms with E-state index in [0.717, 1.165) is 25.9 Å². The average Bonchev–Trinajstić information content (AvgIpc) is 2.39. The number of benzene rings is 1. The van der Waals surface area contributed by atoms with Crippen molar-refractivity contribution in [3.8, 4) is 0 Å². The van der Waals surface area contributed by atoms with Crippen LogP contribution in [0.1, 0.15) is 34.7 Å². The van der Waals surface area contributed by atoms with E-state index in [0.29, 0.717) is 11.1 Å². The van der Waals surface area contributed by atoms with Crippen molar-refractivity contribution in [2.45, 2.75) is 18.8 Å². The molecule has 106 valence electrons. The maximum absolute atomic E-state index is 13.9. The number of hydrogen-bond donors (Lipinski definition) is 1. The first-order valence-corrected chi connectivity index (χ1v) is 6.31. The number of carbonyl (C=O) groups is 1. The molecule has 1 heterocycles. The van der Waals surface area contributed by atoms with Crippen LogP contribution in [0.4, 0.5) is 4.39 Å². The summed E-state index contributed by atoms with van der Waals surface area (Å²) in [5, 5.41) is 3.26. The summed E-state index contributed by atoms with van der Waals surface area (Å²) < 4.78 is 13.9. The van der Waals surface area contributed by atoms with E-state index in [1.807, 2.05) is 0 Å². The summed E-state index contributed by atoms with van der Waals surface area (Å²) >= 11 is 0. The Morgan fingerprint density at radius 3 is 2.53 bits per heavy atom. The number of nitrogens with one attached hydrogen (secondary N) is 1. The number of piperidine rings is 1. The van der Waals surface area contributed by atoms with Gasteiger partial charge in [-0.1, -0.05) is 0 Å². The summed E-state index contributed by atoms with van der Waals surface area (Å²) in [4.78, 5) is 13.4. The molecule has 1 aliphatic heterocycles. The van der Waals surface area contributed by atoms with Crippen molar-refractivity contribution >= 4 is 18.3 Å². The lowest BCUT2D eigenvalue weighted by molar-refractivity contribution is 0.0827. The highest BCUT2D eigenvalue weighted by atomic mass is 35.5. The van der Waals surface area contributed by atoms with E-state index in [1.54, 1.807) is 26.2 Å². The maximum Gasteiger partial charge on any atom is 0.253 e. The second kappa shape index (κ2) is 6.87. The van der Waals surface area contributed by atoms with Crippen molar-refractivity contribution in [1.82, 2.24) is 10.2 Å². The van der Waals surface area contributed by atoms with Gasteiger partial charge in [0, 0.05) is 19.7 Å². The van der Waals surface area contributed by atoms with Crippen LogP contribution in [0.5, 0.6) is 0 Å². The van der Waals surface area contributed by atoms with Crippen LogP contribution in [0.25, 0.3) is 0 Å². The molecule has 1 aliphatic rings. The quantitative estimate of drug-likeness (QED) is 0.905. The van der Waals surface area contributed by atoms with Crippen molar-refractivity contribution in [2.75, 3.05) is 27.2 Å². The molecule has 0 radical (unpaired) electrons. The third-order valence-corrected chi connectivity index (χ3v) is 3.43. The molecule has 2 rings (SSSR count). The van der Waals surface area contributed by atoms with Gasteiger partial charge in [-0.2, -0.15) is 0 Å². The summed E-state index contributed by atoms with van der Waals surface area (Å²) in [5.41, 5.74) is 1.25. The van der Waals surface area contributed by atoms with Crippen LogP contribution in [-0.4, -0.2) is 38.0 Å². The Hall–Kier alpha value is -1.13. The summed E-state index contributed by atoms with van der Waals surface area (Å²) in [6.45, 7) is 1.83. The zero-order valence-corrected chi connectivity index (χ0v) is 12.1. The third-order valence-electron chi connectivity index (χ3n) is 3.43. The number of amides is 1. The van der Waals surface area contributed by atoms with Crippen molar-refractivity contribution in [3.63, 3.8) is 0 Å². The summed E-state index contributed by atoms with van der Waals surface area (Å²) in [6, 6.07) is 4.68. The van der Waals surface area contributed by atoms with Crippen molar-refractivity contribution in [2.24, 2.45) is 0 Å². The smallest absolute Gasteiger partial charge is 0.253 e. The number of nitrogens with zero attached hydrogens (tertiary/aromatic N) is 1. The molecule has 0 aliphatic carbocycles. The molecule has 0 atom stereocenters. The first kappa shape index (κ1) is 15.9. The Morgan fingerprint density at radius 1 is 1.32 bits per heavy atom. The highest BCUT2D eigenvalue weighted by molar-refractivity contribution is 5.94. The van der Waals surface area contributed by atoms with Gasteiger partial charge < -0.3 is 10.2 Å². The molecule has 5 heteroatoms. The Morgan fingerprint density at radius 2 is 1.95 bits per heavy atom. The highest BCUT2D eigenvalue weighted by Crippen LogP contribution is 2.28. The van der Waals surface area contributed by atoms with Crippen molar-refractivity contribution in [3.05, 3.63) is 35.1 Å². The molecule has 0 bridgehead atoms. The number of carbonyl (C=O) groups excluding carboxylic acids is 1. The van der Waals surface area contributed by atoms with Crippen LogP contribution in [0.2, 0.25) is 0 Å². The van der Waals surface area contributed by atoms with Gasteiger partial charge in [-0.05, 0) is 55.6 Å². The largest absolute Gasteiger partial charge is 0.345 e. The van der Waals surface area contributed by atoms with Crippen LogP contribution in [0, 0.1) is 5.82 Å². The minimum absolute atomic E-state index is 0. The van der Waals surface area contributed by atoms with E-state index in [1.165, 1.54) is 11.0 Å². The number of halogens is 2. The fourth-order valence-corrected chi connectivity index (χ4v) is 2.38. The molecule has 19 heavy (non-hydrogen) atoms. The van der Waals surface area contributed by atoms with E-state index in [4.69, 9.17) is 0 Å². The van der Waals surface area contributed by atoms with Gasteiger partial charge in [-0.15, -0.1) is 12.4 Å². The Kier molecular flexibility index (Phi) is 5.76. The lowest BCUT2D eigenvalue weighted by Gasteiger charge is -2.24. The van der Waals surface area contributed by atoms with E-state index < -0.39 is 0 Å². The Labute approximate surface area is 119 Å². The summed E-state index contributed by atoms with van der Waals surface area (Å²) in [5.74, 6) is -0.0523. The third kappa shape index (κ3) is 3.67. The van der Waals surface area contributed by atoms with Gasteiger partial charge in [-0.3, -0.25) is 4.79 Å². The van der Waals surface area contributed by atoms with Gasteiger partial charge in [0.15, 0.2) is 0 Å². The molecule has 0 aromatic heterocycles. The Balaban J connectivity index is 0.00000180. The van der Waals surface area contributed by atoms with Crippen LogP contribution in [0.15, 0.2) is 18.2 Å². The van der Waals surface area contributed by atoms with Gasteiger partial charge in [0.1, 0.15) is 5.82 Å². The number of rotatable bonds is 2. The van der Waals surface area contributed by atoms with Crippen LogP contribution in [0.3, 0.4) is 0 Å². The van der Waals surface area contributed by atoms with E-state index in [-0.39, 0.29) is 30.0 Å². The fourth-order valence-electron chi connectivity index (χ4n) is 2.38. The first-order valence-electron chi connectivity index (χ1n) is 6.31. The van der Waals surface area contributed by atoms with Crippen LogP contribution in [-0.2, 0) is 0 Å². The molecule has 0 unspecified atom stereocenters. The molecule has 1 aromatic carbocycles. The van der Waals surface area contributed by atoms with Gasteiger partial charge in [-0.25, -0.2) is 4.39 Å². The molecule has 1 aromatic rings. The lowest BCUT2D eigenvalue weighted by Crippen LogP contribution is -2.27. The SMILES string of the molecule is CN(C)C(=O)c1ccc(F)c(C2CCNCC2)c1.Cl. The van der Waals surface area contributed by atoms with Gasteiger partial charge in [0.2, 0.25) is 0 Å². The molecule has 1 saturated heterocycles. The zero-order valence-electron chi connectivity index (χ0n) is 11.3. The van der Waals surface area contributed by atoms with Crippen molar-refractivity contribution < 1.29 is 9.18 Å². The van der Waals surface area contributed by atoms with Crippen LogP contribution < -0.4 is 5.32 Å². The minimum Gasteiger partial charge on any atom is -0.345 e. The molecular formula is C14H20ClFN2O. The summed E-state index contributed by atoms with van der Waals surface area (Å²) in [6.07, 6.45) is 1.85. The zero-order chi connectivity index (χ0) is 13.1. The lowest BCUT2D eigenvalue weighted by atomic mass is 9.89. The summed E-state index contributed by atoms with van der Waals surface area (Å²) in [7, 11) is 3.41. The maximum atomic E-state index is 13.9. The van der Waals surface area contributed by atoms with Gasteiger partial charge >= 0.3 is 0 Å². The number of hydrogen-bond acceptors (Lipinski definition) is 2. The topological polar surface area (TPSA) is 32.3 Å². The van der Waals surface area contributed by atoms with Crippen molar-refractivity contribution in [1.29, 1.82) is 0 Å². The predicted octanol–water partition coefficient (Wildman–Crippen LogP) is 2.42. The van der Waals surface area contributed by atoms with Crippen LogP contribution >= 0.6 is 12.4 Å². The molecular weight excluding hydrogens is 267 g/mol. The van der Waals surface area contributed by atoms with E-state index in [2.05, 4.69) is 5.32 Å². The first-order chi connectivity index (χ1) is 8.59. The van der Waals surface area contributed by atoms with E-state index in [9.17, 15) is 9.18 Å². The molecule has 0 saturated carbocycles. The fraction of sp³-hybridized carbons (Fsp3) is 0.500. The minimum atomic E-state index is -0.197. The molecule has 1 amide bonds. The van der Waals surface area contributed by atoms with Gasteiger partial charge in [0.25, 0.3) is 5.91 Å². The molecule has 1 N–H and O–H groups in total. The molecule has 0 spiro atoms. The van der Waals surface area contributed by atoms with E-state index >= 15 is 0 Å². The second-order valence-electron chi connectivity index (χ2n) is 4.96. The predicted molar refractivity (Wildman–Crippen MR) is 76.5 cm³/mol. The second-order valence-corrected chi connectivity index (χ2v) is 4.96. The molecule has 1 fully saturated rings. The normalized spacial score (nSPS) is 15.7. The Bertz CT molecular complexity index is 445. The molecule has 3 nitrogen and oxygen atoms in total. The standard InChI is InChI=1S/C14H19FN2O.ClH/c1-17(2)14(18)11-3-4-13(15)12(9-11)10-5-7-16-8-6-10;/h3-4,9-10,16H,5-8H2,1-2H3;1H. The monoisotopic (exact) mass is 286 g/mol. The van der Waals surface area contributed by atoms with Gasteiger partial charge in [0.05, 0.1) is 0 Å². The highest BCUT2D eigenvalue weighted by Gasteiger charge is 2.20.